The summed E-state index contributed by atoms with van der Waals surface area (Å²) < 4.78 is 0. The number of para-hydroxylation sites is 1. The van der Waals surface area contributed by atoms with E-state index in [0.717, 1.165) is 11.3 Å². The van der Waals surface area contributed by atoms with Crippen molar-refractivity contribution in [3.8, 4) is 0 Å². The molecule has 2 aromatic carbocycles. The molecular formula is C18H21N3O2. The lowest BCUT2D eigenvalue weighted by atomic mass is 10.2. The number of aryl methyl sites for hydroxylation is 1. The van der Waals surface area contributed by atoms with E-state index in [1.54, 1.807) is 17.0 Å². The molecule has 2 N–H and O–H groups in total. The van der Waals surface area contributed by atoms with Gasteiger partial charge in [0.2, 0.25) is 5.91 Å². The van der Waals surface area contributed by atoms with Crippen LogP contribution in [0.5, 0.6) is 0 Å². The van der Waals surface area contributed by atoms with Gasteiger partial charge in [0.1, 0.15) is 0 Å². The SMILES string of the molecule is CCN(C(=O)CNC(=O)Nc1ccccc1)c1cccc(C)c1. The van der Waals surface area contributed by atoms with E-state index >= 15 is 0 Å². The molecule has 0 aliphatic heterocycles. The number of anilines is 2. The number of hydrogen-bond donors (Lipinski definition) is 2. The monoisotopic (exact) mass is 311 g/mol. The first-order valence-electron chi connectivity index (χ1n) is 7.57. The van der Waals surface area contributed by atoms with Gasteiger partial charge in [0.05, 0.1) is 6.54 Å². The molecule has 0 heterocycles. The van der Waals surface area contributed by atoms with Crippen molar-refractivity contribution < 1.29 is 9.59 Å². The molecule has 0 saturated heterocycles. The maximum absolute atomic E-state index is 12.3. The number of nitrogens with one attached hydrogen (secondary N) is 2. The molecule has 0 spiro atoms. The third-order valence-corrected chi connectivity index (χ3v) is 3.36. The molecule has 0 aromatic heterocycles. The van der Waals surface area contributed by atoms with Crippen LogP contribution < -0.4 is 15.5 Å². The molecule has 5 nitrogen and oxygen atoms in total. The maximum Gasteiger partial charge on any atom is 0.319 e. The molecule has 0 radical (unpaired) electrons. The molecule has 2 aromatic rings. The standard InChI is InChI=1S/C18H21N3O2/c1-3-21(16-11-7-8-14(2)12-16)17(22)13-19-18(23)20-15-9-5-4-6-10-15/h4-12H,3,13H2,1-2H3,(H2,19,20,23). The fourth-order valence-electron chi connectivity index (χ4n) is 2.25. The third-order valence-electron chi connectivity index (χ3n) is 3.36. The van der Waals surface area contributed by atoms with Gasteiger partial charge in [-0.2, -0.15) is 0 Å². The molecule has 23 heavy (non-hydrogen) atoms. The normalized spacial score (nSPS) is 10.0. The number of rotatable bonds is 5. The van der Waals surface area contributed by atoms with Crippen molar-refractivity contribution in [2.24, 2.45) is 0 Å². The Bertz CT molecular complexity index is 671. The molecular weight excluding hydrogens is 290 g/mol. The number of carbonyl (C=O) groups is 2. The lowest BCUT2D eigenvalue weighted by Crippen LogP contribution is -2.41. The van der Waals surface area contributed by atoms with Gasteiger partial charge in [0.25, 0.3) is 0 Å². The molecule has 0 fully saturated rings. The lowest BCUT2D eigenvalue weighted by molar-refractivity contribution is -0.117. The first-order chi connectivity index (χ1) is 11.1. The van der Waals surface area contributed by atoms with E-state index in [-0.39, 0.29) is 12.5 Å². The Hall–Kier alpha value is -2.82. The summed E-state index contributed by atoms with van der Waals surface area (Å²) >= 11 is 0. The Balaban J connectivity index is 1.91. The molecule has 0 aliphatic carbocycles. The summed E-state index contributed by atoms with van der Waals surface area (Å²) in [6, 6.07) is 16.4. The minimum Gasteiger partial charge on any atom is -0.329 e. The van der Waals surface area contributed by atoms with E-state index in [4.69, 9.17) is 0 Å². The average Bonchev–Trinajstić information content (AvgIpc) is 2.55. The molecule has 3 amide bonds. The number of nitrogens with zero attached hydrogens (tertiary/aromatic N) is 1. The summed E-state index contributed by atoms with van der Waals surface area (Å²) in [5.74, 6) is -0.152. The van der Waals surface area contributed by atoms with Gasteiger partial charge >= 0.3 is 6.03 Å². The van der Waals surface area contributed by atoms with Crippen LogP contribution >= 0.6 is 0 Å². The zero-order chi connectivity index (χ0) is 16.7. The summed E-state index contributed by atoms with van der Waals surface area (Å²) in [5.41, 5.74) is 2.61. The molecule has 120 valence electrons. The number of carbonyl (C=O) groups excluding carboxylic acids is 2. The molecule has 0 aliphatic rings. The zero-order valence-electron chi connectivity index (χ0n) is 13.4. The van der Waals surface area contributed by atoms with Gasteiger partial charge in [0, 0.05) is 17.9 Å². The van der Waals surface area contributed by atoms with Crippen LogP contribution in [0, 0.1) is 6.92 Å². The van der Waals surface area contributed by atoms with Crippen LogP contribution in [-0.2, 0) is 4.79 Å². The largest absolute Gasteiger partial charge is 0.329 e. The Kier molecular flexibility index (Phi) is 5.74. The van der Waals surface area contributed by atoms with Crippen LogP contribution in [0.1, 0.15) is 12.5 Å². The Morgan fingerprint density at radius 3 is 2.43 bits per heavy atom. The minimum atomic E-state index is -0.398. The molecule has 2 rings (SSSR count). The van der Waals surface area contributed by atoms with E-state index in [1.807, 2.05) is 56.3 Å². The minimum absolute atomic E-state index is 0.0551. The smallest absolute Gasteiger partial charge is 0.319 e. The highest BCUT2D eigenvalue weighted by atomic mass is 16.2. The highest BCUT2D eigenvalue weighted by molar-refractivity contribution is 5.98. The molecule has 0 saturated carbocycles. The van der Waals surface area contributed by atoms with Crippen LogP contribution in [0.2, 0.25) is 0 Å². The third kappa shape index (κ3) is 4.85. The van der Waals surface area contributed by atoms with E-state index in [9.17, 15) is 9.59 Å². The molecule has 5 heteroatoms. The Morgan fingerprint density at radius 2 is 1.78 bits per heavy atom. The van der Waals surface area contributed by atoms with Crippen molar-refractivity contribution in [3.63, 3.8) is 0 Å². The van der Waals surface area contributed by atoms with Gasteiger partial charge in [0.15, 0.2) is 0 Å². The van der Waals surface area contributed by atoms with Crippen molar-refractivity contribution in [3.05, 3.63) is 60.2 Å². The van der Waals surface area contributed by atoms with Gasteiger partial charge < -0.3 is 15.5 Å². The number of urea groups is 1. The topological polar surface area (TPSA) is 61.4 Å². The molecule has 0 bridgehead atoms. The van der Waals surface area contributed by atoms with Crippen LogP contribution in [-0.4, -0.2) is 25.0 Å². The second-order valence-electron chi connectivity index (χ2n) is 5.15. The lowest BCUT2D eigenvalue weighted by Gasteiger charge is -2.21. The predicted molar refractivity (Wildman–Crippen MR) is 92.7 cm³/mol. The van der Waals surface area contributed by atoms with Crippen molar-refractivity contribution in [2.45, 2.75) is 13.8 Å². The second kappa shape index (κ2) is 7.98. The Labute approximate surface area is 136 Å². The van der Waals surface area contributed by atoms with E-state index in [1.165, 1.54) is 0 Å². The number of benzene rings is 2. The summed E-state index contributed by atoms with van der Waals surface area (Å²) in [7, 11) is 0. The van der Waals surface area contributed by atoms with Gasteiger partial charge in [-0.3, -0.25) is 4.79 Å². The van der Waals surface area contributed by atoms with Gasteiger partial charge in [-0.1, -0.05) is 30.3 Å². The summed E-state index contributed by atoms with van der Waals surface area (Å²) in [4.78, 5) is 25.8. The van der Waals surface area contributed by atoms with Crippen molar-refractivity contribution in [2.75, 3.05) is 23.3 Å². The Morgan fingerprint density at radius 1 is 1.04 bits per heavy atom. The van der Waals surface area contributed by atoms with Crippen molar-refractivity contribution in [1.82, 2.24) is 5.32 Å². The van der Waals surface area contributed by atoms with Crippen molar-refractivity contribution >= 4 is 23.3 Å². The highest BCUT2D eigenvalue weighted by Crippen LogP contribution is 2.15. The molecule has 0 unspecified atom stereocenters. The van der Waals surface area contributed by atoms with E-state index < -0.39 is 6.03 Å². The highest BCUT2D eigenvalue weighted by Gasteiger charge is 2.14. The summed E-state index contributed by atoms with van der Waals surface area (Å²) in [5, 5.41) is 5.27. The number of amides is 3. The predicted octanol–water partition coefficient (Wildman–Crippen LogP) is 3.17. The quantitative estimate of drug-likeness (QED) is 0.891. The van der Waals surface area contributed by atoms with Crippen molar-refractivity contribution in [1.29, 1.82) is 0 Å². The number of likely N-dealkylation sites (N-methyl/N-ethyl adjacent to an activating group) is 1. The number of hydrogen-bond acceptors (Lipinski definition) is 2. The van der Waals surface area contributed by atoms with Crippen LogP contribution in [0.4, 0.5) is 16.2 Å². The van der Waals surface area contributed by atoms with Crippen LogP contribution in [0.15, 0.2) is 54.6 Å². The fraction of sp³-hybridized carbons (Fsp3) is 0.222. The second-order valence-corrected chi connectivity index (χ2v) is 5.15. The maximum atomic E-state index is 12.3. The zero-order valence-corrected chi connectivity index (χ0v) is 13.4. The van der Waals surface area contributed by atoms with Gasteiger partial charge in [-0.15, -0.1) is 0 Å². The van der Waals surface area contributed by atoms with Crippen LogP contribution in [0.25, 0.3) is 0 Å². The first-order valence-corrected chi connectivity index (χ1v) is 7.57. The first kappa shape index (κ1) is 16.5. The average molecular weight is 311 g/mol. The molecule has 0 atom stereocenters. The van der Waals surface area contributed by atoms with Crippen LogP contribution in [0.3, 0.4) is 0 Å². The fourth-order valence-corrected chi connectivity index (χ4v) is 2.25. The summed E-state index contributed by atoms with van der Waals surface area (Å²) in [6.45, 7) is 4.38. The van der Waals surface area contributed by atoms with E-state index in [0.29, 0.717) is 12.2 Å². The summed E-state index contributed by atoms with van der Waals surface area (Å²) in [6.07, 6.45) is 0. The van der Waals surface area contributed by atoms with E-state index in [2.05, 4.69) is 10.6 Å². The van der Waals surface area contributed by atoms with Gasteiger partial charge in [-0.25, -0.2) is 4.79 Å². The van der Waals surface area contributed by atoms with Gasteiger partial charge in [-0.05, 0) is 43.7 Å².